The lowest BCUT2D eigenvalue weighted by atomic mass is 10.0. The Morgan fingerprint density at radius 3 is 2.74 bits per heavy atom. The van der Waals surface area contributed by atoms with E-state index in [0.717, 1.165) is 5.69 Å². The SMILES string of the molecule is CNC(=O)c1cccc(NC(=O)C2CC(=O)N(Cc3ccccn3)C2)c1C. The highest BCUT2D eigenvalue weighted by Crippen LogP contribution is 2.24. The van der Waals surface area contributed by atoms with Gasteiger partial charge in [-0.2, -0.15) is 0 Å². The fraction of sp³-hybridized carbons (Fsp3) is 0.300. The Morgan fingerprint density at radius 2 is 2.04 bits per heavy atom. The molecule has 1 unspecified atom stereocenters. The molecule has 0 spiro atoms. The average molecular weight is 366 g/mol. The molecule has 2 N–H and O–H groups in total. The van der Waals surface area contributed by atoms with Gasteiger partial charge < -0.3 is 15.5 Å². The minimum atomic E-state index is -0.427. The Kier molecular flexibility index (Phi) is 5.49. The zero-order chi connectivity index (χ0) is 19.4. The first-order valence-electron chi connectivity index (χ1n) is 8.80. The van der Waals surface area contributed by atoms with Crippen molar-refractivity contribution in [1.82, 2.24) is 15.2 Å². The summed E-state index contributed by atoms with van der Waals surface area (Å²) in [7, 11) is 1.56. The molecule has 3 rings (SSSR count). The minimum absolute atomic E-state index is 0.0587. The summed E-state index contributed by atoms with van der Waals surface area (Å²) in [6.07, 6.45) is 1.86. The van der Waals surface area contributed by atoms with Gasteiger partial charge in [-0.3, -0.25) is 19.4 Å². The van der Waals surface area contributed by atoms with Crippen LogP contribution in [0.15, 0.2) is 42.6 Å². The van der Waals surface area contributed by atoms with Crippen molar-refractivity contribution >= 4 is 23.4 Å². The van der Waals surface area contributed by atoms with Crippen molar-refractivity contribution in [2.45, 2.75) is 19.9 Å². The molecule has 3 amide bonds. The van der Waals surface area contributed by atoms with Crippen molar-refractivity contribution < 1.29 is 14.4 Å². The zero-order valence-corrected chi connectivity index (χ0v) is 15.4. The third kappa shape index (κ3) is 4.13. The number of likely N-dealkylation sites (tertiary alicyclic amines) is 1. The average Bonchev–Trinajstić information content (AvgIpc) is 3.04. The molecule has 1 atom stereocenters. The third-order valence-corrected chi connectivity index (χ3v) is 4.73. The van der Waals surface area contributed by atoms with Crippen LogP contribution in [0.3, 0.4) is 0 Å². The summed E-state index contributed by atoms with van der Waals surface area (Å²) in [4.78, 5) is 42.7. The number of rotatable bonds is 5. The van der Waals surface area contributed by atoms with E-state index in [1.807, 2.05) is 18.2 Å². The Morgan fingerprint density at radius 1 is 1.22 bits per heavy atom. The lowest BCUT2D eigenvalue weighted by Crippen LogP contribution is -2.28. The van der Waals surface area contributed by atoms with Crippen LogP contribution in [-0.2, 0) is 16.1 Å². The van der Waals surface area contributed by atoms with E-state index in [9.17, 15) is 14.4 Å². The van der Waals surface area contributed by atoms with Crippen LogP contribution in [0.2, 0.25) is 0 Å². The van der Waals surface area contributed by atoms with Gasteiger partial charge in [-0.1, -0.05) is 12.1 Å². The van der Waals surface area contributed by atoms with Crippen molar-refractivity contribution in [3.8, 4) is 0 Å². The Balaban J connectivity index is 1.67. The van der Waals surface area contributed by atoms with Crippen LogP contribution in [0.5, 0.6) is 0 Å². The molecule has 1 saturated heterocycles. The standard InChI is InChI=1S/C20H22N4O3/c1-13-16(20(27)21-2)7-5-8-17(13)23-19(26)14-10-18(25)24(11-14)12-15-6-3-4-9-22-15/h3-9,14H,10-12H2,1-2H3,(H,21,27)(H,23,26). The summed E-state index contributed by atoms with van der Waals surface area (Å²) in [6, 6.07) is 10.7. The molecule has 2 heterocycles. The number of benzene rings is 1. The van der Waals surface area contributed by atoms with Crippen LogP contribution in [0, 0.1) is 12.8 Å². The Bertz CT molecular complexity index is 867. The second-order valence-electron chi connectivity index (χ2n) is 6.54. The summed E-state index contributed by atoms with van der Waals surface area (Å²) in [5.74, 6) is -0.911. The Labute approximate surface area is 157 Å². The maximum atomic E-state index is 12.7. The van der Waals surface area contributed by atoms with Crippen molar-refractivity contribution in [3.63, 3.8) is 0 Å². The molecule has 2 aromatic rings. The first kappa shape index (κ1) is 18.6. The van der Waals surface area contributed by atoms with Gasteiger partial charge in [-0.05, 0) is 36.8 Å². The number of anilines is 1. The van der Waals surface area contributed by atoms with Crippen molar-refractivity contribution in [2.75, 3.05) is 18.9 Å². The van der Waals surface area contributed by atoms with E-state index in [1.165, 1.54) is 0 Å². The minimum Gasteiger partial charge on any atom is -0.355 e. The predicted molar refractivity (Wildman–Crippen MR) is 101 cm³/mol. The molecule has 0 radical (unpaired) electrons. The van der Waals surface area contributed by atoms with Gasteiger partial charge in [0.05, 0.1) is 18.2 Å². The maximum absolute atomic E-state index is 12.7. The van der Waals surface area contributed by atoms with E-state index in [2.05, 4.69) is 15.6 Å². The van der Waals surface area contributed by atoms with Gasteiger partial charge in [0.15, 0.2) is 0 Å². The molecule has 0 bridgehead atoms. The fourth-order valence-corrected chi connectivity index (χ4v) is 3.17. The molecule has 1 aliphatic rings. The number of nitrogens with one attached hydrogen (secondary N) is 2. The van der Waals surface area contributed by atoms with Crippen LogP contribution >= 0.6 is 0 Å². The first-order valence-corrected chi connectivity index (χ1v) is 8.80. The summed E-state index contributed by atoms with van der Waals surface area (Å²) in [5, 5.41) is 5.45. The lowest BCUT2D eigenvalue weighted by molar-refractivity contribution is -0.128. The largest absolute Gasteiger partial charge is 0.355 e. The quantitative estimate of drug-likeness (QED) is 0.843. The van der Waals surface area contributed by atoms with Gasteiger partial charge in [0.1, 0.15) is 0 Å². The molecule has 140 valence electrons. The lowest BCUT2D eigenvalue weighted by Gasteiger charge is -2.17. The fourth-order valence-electron chi connectivity index (χ4n) is 3.17. The number of aromatic nitrogens is 1. The summed E-state index contributed by atoms with van der Waals surface area (Å²) in [6.45, 7) is 2.54. The molecule has 7 heteroatoms. The van der Waals surface area contributed by atoms with Gasteiger partial charge in [0, 0.05) is 37.5 Å². The second-order valence-corrected chi connectivity index (χ2v) is 6.54. The van der Waals surface area contributed by atoms with E-state index in [0.29, 0.717) is 29.9 Å². The molecule has 7 nitrogen and oxygen atoms in total. The van der Waals surface area contributed by atoms with Gasteiger partial charge in [-0.25, -0.2) is 0 Å². The molecule has 0 saturated carbocycles. The molecule has 1 fully saturated rings. The van der Waals surface area contributed by atoms with E-state index < -0.39 is 5.92 Å². The number of amides is 3. The molecule has 1 aromatic heterocycles. The number of carbonyl (C=O) groups excluding carboxylic acids is 3. The van der Waals surface area contributed by atoms with E-state index in [-0.39, 0.29) is 24.1 Å². The van der Waals surface area contributed by atoms with Crippen LogP contribution in [0.1, 0.15) is 28.0 Å². The summed E-state index contributed by atoms with van der Waals surface area (Å²) >= 11 is 0. The third-order valence-electron chi connectivity index (χ3n) is 4.73. The van der Waals surface area contributed by atoms with Gasteiger partial charge in [-0.15, -0.1) is 0 Å². The molecule has 27 heavy (non-hydrogen) atoms. The van der Waals surface area contributed by atoms with E-state index in [1.54, 1.807) is 43.3 Å². The van der Waals surface area contributed by atoms with Crippen LogP contribution in [0.25, 0.3) is 0 Å². The van der Waals surface area contributed by atoms with Crippen LogP contribution in [-0.4, -0.2) is 41.2 Å². The molecule has 0 aliphatic carbocycles. The van der Waals surface area contributed by atoms with Crippen LogP contribution < -0.4 is 10.6 Å². The van der Waals surface area contributed by atoms with Crippen molar-refractivity contribution in [1.29, 1.82) is 0 Å². The second kappa shape index (κ2) is 7.99. The number of carbonyl (C=O) groups is 3. The van der Waals surface area contributed by atoms with E-state index >= 15 is 0 Å². The molecular weight excluding hydrogens is 344 g/mol. The predicted octanol–water partition coefficient (Wildman–Crippen LogP) is 1.74. The molecule has 1 aliphatic heterocycles. The number of hydrogen-bond donors (Lipinski definition) is 2. The summed E-state index contributed by atoms with van der Waals surface area (Å²) < 4.78 is 0. The van der Waals surface area contributed by atoms with Crippen molar-refractivity contribution in [3.05, 3.63) is 59.4 Å². The van der Waals surface area contributed by atoms with Gasteiger partial charge in [0.2, 0.25) is 11.8 Å². The molecular formula is C20H22N4O3. The smallest absolute Gasteiger partial charge is 0.251 e. The monoisotopic (exact) mass is 366 g/mol. The van der Waals surface area contributed by atoms with Crippen molar-refractivity contribution in [2.24, 2.45) is 5.92 Å². The number of hydrogen-bond acceptors (Lipinski definition) is 4. The normalized spacial score (nSPS) is 16.3. The van der Waals surface area contributed by atoms with Crippen LogP contribution in [0.4, 0.5) is 5.69 Å². The highest BCUT2D eigenvalue weighted by molar-refractivity contribution is 6.01. The Hall–Kier alpha value is -3.22. The topological polar surface area (TPSA) is 91.4 Å². The highest BCUT2D eigenvalue weighted by atomic mass is 16.2. The first-order chi connectivity index (χ1) is 13.0. The molecule has 1 aromatic carbocycles. The highest BCUT2D eigenvalue weighted by Gasteiger charge is 2.34. The van der Waals surface area contributed by atoms with E-state index in [4.69, 9.17) is 0 Å². The van der Waals surface area contributed by atoms with Gasteiger partial charge >= 0.3 is 0 Å². The maximum Gasteiger partial charge on any atom is 0.251 e. The number of pyridine rings is 1. The zero-order valence-electron chi connectivity index (χ0n) is 15.4. The number of nitrogens with zero attached hydrogens (tertiary/aromatic N) is 2. The summed E-state index contributed by atoms with van der Waals surface area (Å²) in [5.41, 5.74) is 2.58. The van der Waals surface area contributed by atoms with Gasteiger partial charge in [0.25, 0.3) is 5.91 Å².